The molecule has 4 amide bonds. The number of anilines is 2. The summed E-state index contributed by atoms with van der Waals surface area (Å²) in [6, 6.07) is 4.44. The van der Waals surface area contributed by atoms with Crippen LogP contribution in [0.15, 0.2) is 18.2 Å². The molecule has 1 aromatic carbocycles. The van der Waals surface area contributed by atoms with Gasteiger partial charge in [0, 0.05) is 32.9 Å². The second kappa shape index (κ2) is 8.68. The van der Waals surface area contributed by atoms with Gasteiger partial charge in [0.1, 0.15) is 6.61 Å². The Morgan fingerprint density at radius 3 is 2.76 bits per heavy atom. The normalized spacial score (nSPS) is 16.4. The van der Waals surface area contributed by atoms with Gasteiger partial charge in [-0.3, -0.25) is 9.59 Å². The van der Waals surface area contributed by atoms with E-state index in [1.54, 1.807) is 30.1 Å². The number of nitrogens with zero attached hydrogens (tertiary/aromatic N) is 1. The maximum Gasteiger partial charge on any atom is 0.321 e. The first-order valence-corrected chi connectivity index (χ1v) is 8.18. The molecule has 0 saturated carbocycles. The molecule has 1 fully saturated rings. The van der Waals surface area contributed by atoms with Crippen LogP contribution in [0.2, 0.25) is 5.02 Å². The summed E-state index contributed by atoms with van der Waals surface area (Å²) < 4.78 is 4.75. The Bertz CT molecular complexity index is 668. The van der Waals surface area contributed by atoms with Crippen molar-refractivity contribution >= 4 is 40.8 Å². The van der Waals surface area contributed by atoms with Crippen LogP contribution < -0.4 is 16.0 Å². The summed E-state index contributed by atoms with van der Waals surface area (Å²) in [7, 11) is 3.00. The monoisotopic (exact) mass is 368 g/mol. The zero-order valence-corrected chi connectivity index (χ0v) is 14.9. The van der Waals surface area contributed by atoms with Gasteiger partial charge in [0.15, 0.2) is 0 Å². The number of methoxy groups -OCH3 is 1. The van der Waals surface area contributed by atoms with Crippen LogP contribution in [0.1, 0.15) is 6.42 Å². The van der Waals surface area contributed by atoms with Gasteiger partial charge >= 0.3 is 6.03 Å². The van der Waals surface area contributed by atoms with Crippen molar-refractivity contribution in [2.75, 3.05) is 44.5 Å². The van der Waals surface area contributed by atoms with Gasteiger partial charge in [-0.2, -0.15) is 0 Å². The van der Waals surface area contributed by atoms with Crippen molar-refractivity contribution in [1.29, 1.82) is 0 Å². The van der Waals surface area contributed by atoms with Gasteiger partial charge in [0.05, 0.1) is 16.6 Å². The first-order chi connectivity index (χ1) is 11.9. The van der Waals surface area contributed by atoms with E-state index in [-0.39, 0.29) is 30.4 Å². The Balaban J connectivity index is 2.00. The molecule has 0 bridgehead atoms. The first kappa shape index (κ1) is 19.0. The van der Waals surface area contributed by atoms with Gasteiger partial charge < -0.3 is 25.6 Å². The van der Waals surface area contributed by atoms with E-state index in [1.807, 2.05) is 0 Å². The topological polar surface area (TPSA) is 99.8 Å². The van der Waals surface area contributed by atoms with Crippen LogP contribution in [0, 0.1) is 5.92 Å². The quantitative estimate of drug-likeness (QED) is 0.733. The molecule has 1 aliphatic rings. The smallest absolute Gasteiger partial charge is 0.321 e. The Hall–Kier alpha value is -2.32. The number of halogens is 1. The standard InChI is InChI=1S/C16H21ClN4O4/c1-18-15(23)10-5-6-21(8-10)16(24)20-13-7-11(3-4-12(13)17)19-14(22)9-25-2/h3-4,7,10H,5-6,8-9H2,1-2H3,(H,18,23)(H,19,22)(H,20,24)/t10-/m0/s1. The van der Waals surface area contributed by atoms with Crippen LogP contribution in [-0.4, -0.2) is 56.6 Å². The number of rotatable bonds is 5. The molecule has 0 aromatic heterocycles. The molecule has 1 aromatic rings. The molecule has 0 spiro atoms. The van der Waals surface area contributed by atoms with E-state index < -0.39 is 0 Å². The van der Waals surface area contributed by atoms with Gasteiger partial charge in [-0.05, 0) is 24.6 Å². The summed E-state index contributed by atoms with van der Waals surface area (Å²) in [5, 5.41) is 8.30. The fourth-order valence-corrected chi connectivity index (χ4v) is 2.75. The number of urea groups is 1. The SMILES string of the molecule is CNC(=O)[C@H]1CCN(C(=O)Nc2cc(NC(=O)COC)ccc2Cl)C1. The largest absolute Gasteiger partial charge is 0.375 e. The predicted octanol–water partition coefficient (Wildman–Crippen LogP) is 1.52. The number of carbonyl (C=O) groups excluding carboxylic acids is 3. The fraction of sp³-hybridized carbons (Fsp3) is 0.438. The second-order valence-electron chi connectivity index (χ2n) is 5.65. The second-order valence-corrected chi connectivity index (χ2v) is 6.06. The zero-order valence-electron chi connectivity index (χ0n) is 14.1. The summed E-state index contributed by atoms with van der Waals surface area (Å²) >= 11 is 6.11. The summed E-state index contributed by atoms with van der Waals surface area (Å²) in [6.07, 6.45) is 0.619. The number of hydrogen-bond acceptors (Lipinski definition) is 4. The van der Waals surface area contributed by atoms with Gasteiger partial charge in [-0.1, -0.05) is 11.6 Å². The van der Waals surface area contributed by atoms with E-state index in [0.717, 1.165) is 0 Å². The molecule has 0 unspecified atom stereocenters. The van der Waals surface area contributed by atoms with Gasteiger partial charge in [0.25, 0.3) is 0 Å². The lowest BCUT2D eigenvalue weighted by atomic mass is 10.1. The van der Waals surface area contributed by atoms with Crippen LogP contribution in [0.4, 0.5) is 16.2 Å². The molecule has 0 aliphatic carbocycles. The van der Waals surface area contributed by atoms with Crippen molar-refractivity contribution in [3.05, 3.63) is 23.2 Å². The van der Waals surface area contributed by atoms with Crippen LogP contribution in [0.5, 0.6) is 0 Å². The highest BCUT2D eigenvalue weighted by atomic mass is 35.5. The maximum absolute atomic E-state index is 12.4. The number of nitrogens with one attached hydrogen (secondary N) is 3. The van der Waals surface area contributed by atoms with Crippen molar-refractivity contribution in [3.8, 4) is 0 Å². The molecule has 0 radical (unpaired) electrons. The predicted molar refractivity (Wildman–Crippen MR) is 94.7 cm³/mol. The third-order valence-electron chi connectivity index (χ3n) is 3.86. The van der Waals surface area contributed by atoms with Gasteiger partial charge in [0.2, 0.25) is 11.8 Å². The molecule has 136 valence electrons. The molecule has 3 N–H and O–H groups in total. The average molecular weight is 369 g/mol. The number of ether oxygens (including phenoxy) is 1. The molecule has 2 rings (SSSR count). The molecule has 1 aliphatic heterocycles. The van der Waals surface area contributed by atoms with E-state index in [4.69, 9.17) is 16.3 Å². The maximum atomic E-state index is 12.4. The Kier molecular flexibility index (Phi) is 6.60. The van der Waals surface area contributed by atoms with Crippen molar-refractivity contribution in [2.24, 2.45) is 5.92 Å². The molecule has 1 heterocycles. The Labute approximate surface area is 150 Å². The Morgan fingerprint density at radius 1 is 1.32 bits per heavy atom. The summed E-state index contributed by atoms with van der Waals surface area (Å²) in [4.78, 5) is 37.2. The fourth-order valence-electron chi connectivity index (χ4n) is 2.58. The van der Waals surface area contributed by atoms with Crippen molar-refractivity contribution < 1.29 is 19.1 Å². The van der Waals surface area contributed by atoms with E-state index >= 15 is 0 Å². The minimum absolute atomic E-state index is 0.0705. The summed E-state index contributed by atoms with van der Waals surface area (Å²) in [6.45, 7) is 0.776. The highest BCUT2D eigenvalue weighted by Gasteiger charge is 2.30. The number of benzene rings is 1. The molecule has 1 atom stereocenters. The lowest BCUT2D eigenvalue weighted by Gasteiger charge is -2.18. The van der Waals surface area contributed by atoms with Gasteiger partial charge in [-0.15, -0.1) is 0 Å². The van der Waals surface area contributed by atoms with E-state index in [1.165, 1.54) is 7.11 Å². The summed E-state index contributed by atoms with van der Waals surface area (Å²) in [5.41, 5.74) is 0.872. The molecule has 8 nitrogen and oxygen atoms in total. The van der Waals surface area contributed by atoms with E-state index in [9.17, 15) is 14.4 Å². The molecule has 25 heavy (non-hydrogen) atoms. The minimum atomic E-state index is -0.339. The summed E-state index contributed by atoms with van der Waals surface area (Å²) in [5.74, 6) is -0.586. The van der Waals surface area contributed by atoms with Gasteiger partial charge in [-0.25, -0.2) is 4.79 Å². The number of likely N-dealkylation sites (tertiary alicyclic amines) is 1. The number of carbonyl (C=O) groups is 3. The third kappa shape index (κ3) is 5.07. The van der Waals surface area contributed by atoms with E-state index in [0.29, 0.717) is 35.9 Å². The number of amides is 4. The minimum Gasteiger partial charge on any atom is -0.375 e. The molecular formula is C16H21ClN4O4. The van der Waals surface area contributed by atoms with Crippen LogP contribution in [0.25, 0.3) is 0 Å². The lowest BCUT2D eigenvalue weighted by molar-refractivity contribution is -0.124. The van der Waals surface area contributed by atoms with Crippen molar-refractivity contribution in [3.63, 3.8) is 0 Å². The highest BCUT2D eigenvalue weighted by molar-refractivity contribution is 6.33. The highest BCUT2D eigenvalue weighted by Crippen LogP contribution is 2.26. The molecule has 9 heteroatoms. The van der Waals surface area contributed by atoms with Crippen LogP contribution in [0.3, 0.4) is 0 Å². The Morgan fingerprint density at radius 2 is 2.08 bits per heavy atom. The third-order valence-corrected chi connectivity index (χ3v) is 4.19. The number of hydrogen-bond donors (Lipinski definition) is 3. The lowest BCUT2D eigenvalue weighted by Crippen LogP contribution is -2.35. The van der Waals surface area contributed by atoms with Crippen LogP contribution >= 0.6 is 11.6 Å². The first-order valence-electron chi connectivity index (χ1n) is 7.80. The molecule has 1 saturated heterocycles. The zero-order chi connectivity index (χ0) is 18.4. The van der Waals surface area contributed by atoms with Crippen molar-refractivity contribution in [1.82, 2.24) is 10.2 Å². The van der Waals surface area contributed by atoms with Crippen LogP contribution in [-0.2, 0) is 14.3 Å². The van der Waals surface area contributed by atoms with Crippen molar-refractivity contribution in [2.45, 2.75) is 6.42 Å². The average Bonchev–Trinajstić information content (AvgIpc) is 3.07. The molecular weight excluding hydrogens is 348 g/mol. The van der Waals surface area contributed by atoms with E-state index in [2.05, 4.69) is 16.0 Å².